The number of carbonyl (C=O) groups is 2. The van der Waals surface area contributed by atoms with Crippen molar-refractivity contribution in [3.63, 3.8) is 0 Å². The van der Waals surface area contributed by atoms with Gasteiger partial charge < -0.3 is 15.3 Å². The molecule has 0 heterocycles. The van der Waals surface area contributed by atoms with Gasteiger partial charge in [-0.2, -0.15) is 8.78 Å². The van der Waals surface area contributed by atoms with Gasteiger partial charge in [0.05, 0.1) is 6.54 Å². The zero-order valence-electron chi connectivity index (χ0n) is 9.21. The van der Waals surface area contributed by atoms with E-state index in [4.69, 9.17) is 5.11 Å². The molecule has 0 unspecified atom stereocenters. The SMILES string of the molecule is C=CCN(CC(=O)O)C(=O)NCC(F)(F)C(F)F. The number of carboxylic acids is 1. The molecular formula is C9H12F4N2O3. The number of rotatable bonds is 7. The Morgan fingerprint density at radius 2 is 2.00 bits per heavy atom. The highest BCUT2D eigenvalue weighted by atomic mass is 19.3. The fraction of sp³-hybridized carbons (Fsp3) is 0.556. The molecule has 0 aromatic heterocycles. The predicted octanol–water partition coefficient (Wildman–Crippen LogP) is 1.17. The van der Waals surface area contributed by atoms with E-state index < -0.39 is 37.4 Å². The lowest BCUT2D eigenvalue weighted by Crippen LogP contribution is -2.48. The van der Waals surface area contributed by atoms with Crippen LogP contribution in [0.2, 0.25) is 0 Å². The van der Waals surface area contributed by atoms with Gasteiger partial charge in [-0.1, -0.05) is 6.08 Å². The van der Waals surface area contributed by atoms with Crippen molar-refractivity contribution >= 4 is 12.0 Å². The number of urea groups is 1. The maximum absolute atomic E-state index is 12.5. The van der Waals surface area contributed by atoms with Gasteiger partial charge in [0.1, 0.15) is 6.54 Å². The minimum atomic E-state index is -4.36. The van der Waals surface area contributed by atoms with Gasteiger partial charge in [-0.05, 0) is 0 Å². The molecule has 0 fully saturated rings. The molecule has 0 saturated heterocycles. The Kier molecular flexibility index (Phi) is 6.14. The van der Waals surface area contributed by atoms with E-state index in [-0.39, 0.29) is 6.54 Å². The van der Waals surface area contributed by atoms with E-state index in [1.807, 2.05) is 0 Å². The summed E-state index contributed by atoms with van der Waals surface area (Å²) in [7, 11) is 0. The molecule has 0 spiro atoms. The first-order valence-electron chi connectivity index (χ1n) is 4.72. The van der Waals surface area contributed by atoms with Crippen molar-refractivity contribution in [3.05, 3.63) is 12.7 Å². The molecule has 104 valence electrons. The number of hydrogen-bond acceptors (Lipinski definition) is 2. The number of carbonyl (C=O) groups excluding carboxylic acids is 1. The third kappa shape index (κ3) is 5.51. The Morgan fingerprint density at radius 1 is 1.44 bits per heavy atom. The average Bonchev–Trinajstić information content (AvgIpc) is 2.24. The second-order valence-electron chi connectivity index (χ2n) is 3.28. The number of amides is 2. The lowest BCUT2D eigenvalue weighted by molar-refractivity contribution is -0.137. The highest BCUT2D eigenvalue weighted by Gasteiger charge is 2.41. The van der Waals surface area contributed by atoms with Crippen molar-refractivity contribution in [2.24, 2.45) is 0 Å². The average molecular weight is 272 g/mol. The number of nitrogens with one attached hydrogen (secondary N) is 1. The Labute approximate surface area is 100 Å². The summed E-state index contributed by atoms with van der Waals surface area (Å²) in [6.45, 7) is 0.710. The Bertz CT molecular complexity index is 323. The zero-order chi connectivity index (χ0) is 14.3. The predicted molar refractivity (Wildman–Crippen MR) is 53.8 cm³/mol. The van der Waals surface area contributed by atoms with Crippen LogP contribution in [0.1, 0.15) is 0 Å². The lowest BCUT2D eigenvalue weighted by atomic mass is 10.3. The van der Waals surface area contributed by atoms with E-state index in [2.05, 4.69) is 6.58 Å². The van der Waals surface area contributed by atoms with Gasteiger partial charge in [0.25, 0.3) is 0 Å². The molecule has 0 rings (SSSR count). The van der Waals surface area contributed by atoms with Gasteiger partial charge in [-0.25, -0.2) is 13.6 Å². The van der Waals surface area contributed by atoms with E-state index in [1.54, 1.807) is 5.32 Å². The largest absolute Gasteiger partial charge is 0.480 e. The van der Waals surface area contributed by atoms with Crippen molar-refractivity contribution in [2.75, 3.05) is 19.6 Å². The van der Waals surface area contributed by atoms with Crippen LogP contribution in [0.5, 0.6) is 0 Å². The Balaban J connectivity index is 4.43. The second kappa shape index (κ2) is 6.82. The second-order valence-corrected chi connectivity index (χ2v) is 3.28. The Hall–Kier alpha value is -1.80. The number of nitrogens with zero attached hydrogens (tertiary/aromatic N) is 1. The molecule has 0 aromatic carbocycles. The van der Waals surface area contributed by atoms with Crippen LogP contribution in [0.3, 0.4) is 0 Å². The molecule has 0 aliphatic heterocycles. The van der Waals surface area contributed by atoms with Crippen LogP contribution in [0.15, 0.2) is 12.7 Å². The van der Waals surface area contributed by atoms with E-state index in [0.717, 1.165) is 0 Å². The number of halogens is 4. The molecule has 9 heteroatoms. The van der Waals surface area contributed by atoms with Gasteiger partial charge in [0.2, 0.25) is 0 Å². The first-order chi connectivity index (χ1) is 8.20. The standard InChI is InChI=1S/C9H12F4N2O3/c1-2-3-15(4-6(16)17)8(18)14-5-9(12,13)7(10)11/h2,7H,1,3-5H2,(H,14,18)(H,16,17). The molecule has 2 amide bonds. The minimum absolute atomic E-state index is 0.210. The summed E-state index contributed by atoms with van der Waals surface area (Å²) < 4.78 is 48.6. The third-order valence-corrected chi connectivity index (χ3v) is 1.76. The summed E-state index contributed by atoms with van der Waals surface area (Å²) in [5.74, 6) is -5.73. The van der Waals surface area contributed by atoms with Crippen molar-refractivity contribution in [1.82, 2.24) is 10.2 Å². The summed E-state index contributed by atoms with van der Waals surface area (Å²) in [4.78, 5) is 22.3. The summed E-state index contributed by atoms with van der Waals surface area (Å²) in [6, 6.07) is -1.18. The summed E-state index contributed by atoms with van der Waals surface area (Å²) in [6.07, 6.45) is -2.74. The van der Waals surface area contributed by atoms with E-state index >= 15 is 0 Å². The zero-order valence-corrected chi connectivity index (χ0v) is 9.21. The molecular weight excluding hydrogens is 260 g/mol. The van der Waals surface area contributed by atoms with Crippen molar-refractivity contribution in [2.45, 2.75) is 12.3 Å². The van der Waals surface area contributed by atoms with E-state index in [1.165, 1.54) is 6.08 Å². The topological polar surface area (TPSA) is 69.6 Å². The maximum atomic E-state index is 12.5. The normalized spacial score (nSPS) is 11.2. The van der Waals surface area contributed by atoms with Crippen LogP contribution in [0, 0.1) is 0 Å². The van der Waals surface area contributed by atoms with Crippen molar-refractivity contribution in [3.8, 4) is 0 Å². The quantitative estimate of drug-likeness (QED) is 0.540. The highest BCUT2D eigenvalue weighted by Crippen LogP contribution is 2.21. The van der Waals surface area contributed by atoms with Crippen molar-refractivity contribution < 1.29 is 32.3 Å². The van der Waals surface area contributed by atoms with Gasteiger partial charge >= 0.3 is 24.3 Å². The molecule has 0 radical (unpaired) electrons. The molecule has 0 atom stereocenters. The van der Waals surface area contributed by atoms with Gasteiger partial charge in [-0.3, -0.25) is 4.79 Å². The van der Waals surface area contributed by atoms with Gasteiger partial charge in [-0.15, -0.1) is 6.58 Å². The van der Waals surface area contributed by atoms with Gasteiger partial charge in [0.15, 0.2) is 0 Å². The van der Waals surface area contributed by atoms with E-state index in [0.29, 0.717) is 4.90 Å². The fourth-order valence-corrected chi connectivity index (χ4v) is 0.921. The first-order valence-corrected chi connectivity index (χ1v) is 4.72. The molecule has 0 bridgehead atoms. The van der Waals surface area contributed by atoms with Crippen LogP contribution >= 0.6 is 0 Å². The summed E-state index contributed by atoms with van der Waals surface area (Å²) in [5.41, 5.74) is 0. The van der Waals surface area contributed by atoms with Gasteiger partial charge in [0, 0.05) is 6.54 Å². The van der Waals surface area contributed by atoms with Crippen LogP contribution in [-0.4, -0.2) is 54.0 Å². The molecule has 0 aromatic rings. The molecule has 0 aliphatic carbocycles. The lowest BCUT2D eigenvalue weighted by Gasteiger charge is -2.21. The molecule has 2 N–H and O–H groups in total. The number of aliphatic carboxylic acids is 1. The minimum Gasteiger partial charge on any atom is -0.480 e. The summed E-state index contributed by atoms with van der Waals surface area (Å²) >= 11 is 0. The Morgan fingerprint density at radius 3 is 2.39 bits per heavy atom. The molecule has 0 saturated carbocycles. The molecule has 18 heavy (non-hydrogen) atoms. The highest BCUT2D eigenvalue weighted by molar-refractivity contribution is 5.80. The fourth-order valence-electron chi connectivity index (χ4n) is 0.921. The number of hydrogen-bond donors (Lipinski definition) is 2. The number of alkyl halides is 4. The van der Waals surface area contributed by atoms with Crippen LogP contribution in [-0.2, 0) is 4.79 Å². The monoisotopic (exact) mass is 272 g/mol. The summed E-state index contributed by atoms with van der Waals surface area (Å²) in [5, 5.41) is 9.99. The van der Waals surface area contributed by atoms with Crippen LogP contribution in [0.4, 0.5) is 22.4 Å². The molecule has 0 aliphatic rings. The smallest absolute Gasteiger partial charge is 0.324 e. The number of carboxylic acid groups (broad SMARTS) is 1. The maximum Gasteiger partial charge on any atom is 0.324 e. The van der Waals surface area contributed by atoms with Crippen molar-refractivity contribution in [1.29, 1.82) is 0 Å². The van der Waals surface area contributed by atoms with Crippen LogP contribution < -0.4 is 5.32 Å². The molecule has 5 nitrogen and oxygen atoms in total. The van der Waals surface area contributed by atoms with Crippen LogP contribution in [0.25, 0.3) is 0 Å². The van der Waals surface area contributed by atoms with E-state index in [9.17, 15) is 27.2 Å². The first kappa shape index (κ1) is 16.2. The third-order valence-electron chi connectivity index (χ3n) is 1.76.